The van der Waals surface area contributed by atoms with E-state index in [0.29, 0.717) is 23.2 Å². The number of ketones is 1. The molecule has 0 aliphatic heterocycles. The summed E-state index contributed by atoms with van der Waals surface area (Å²) in [5.41, 5.74) is 1.45. The smallest absolute Gasteiger partial charge is 0.416 e. The number of aryl methyl sites for hydroxylation is 1. The summed E-state index contributed by atoms with van der Waals surface area (Å²) in [6.07, 6.45) is -4.01. The number of carbonyl (C=O) groups is 1. The molecular formula is C23H23F3N2O3. The normalized spacial score (nSPS) is 12.5. The van der Waals surface area contributed by atoms with E-state index in [-0.39, 0.29) is 42.3 Å². The lowest BCUT2D eigenvalue weighted by Crippen LogP contribution is -2.06. The molecule has 5 nitrogen and oxygen atoms in total. The van der Waals surface area contributed by atoms with Crippen molar-refractivity contribution in [3.8, 4) is 11.6 Å². The average molecular weight is 432 g/mol. The minimum absolute atomic E-state index is 0.0964. The van der Waals surface area contributed by atoms with Crippen molar-refractivity contribution in [2.24, 2.45) is 4.99 Å². The first-order valence-electron chi connectivity index (χ1n) is 9.79. The summed E-state index contributed by atoms with van der Waals surface area (Å²) < 4.78 is 41.3. The van der Waals surface area contributed by atoms with E-state index >= 15 is 0 Å². The number of aliphatic hydroxyl groups is 1. The van der Waals surface area contributed by atoms with Crippen molar-refractivity contribution >= 4 is 22.4 Å². The van der Waals surface area contributed by atoms with E-state index < -0.39 is 11.7 Å². The first-order chi connectivity index (χ1) is 14.6. The molecule has 3 aromatic rings. The zero-order chi connectivity index (χ0) is 22.8. The SMILES string of the molecule is CC(=NCC(=O)CCCO)c1c(O)n(-c2ccc(C)cc2)c2cc(C(F)(F)F)ccc12. The van der Waals surface area contributed by atoms with Gasteiger partial charge in [-0.05, 0) is 44.5 Å². The van der Waals surface area contributed by atoms with E-state index in [0.717, 1.165) is 17.7 Å². The third-order valence-electron chi connectivity index (χ3n) is 5.03. The number of hydrogen-bond donors (Lipinski definition) is 2. The second kappa shape index (κ2) is 8.93. The molecule has 0 unspecified atom stereocenters. The number of aromatic nitrogens is 1. The molecule has 0 saturated heterocycles. The molecule has 0 atom stereocenters. The van der Waals surface area contributed by atoms with Gasteiger partial charge in [0.05, 0.1) is 23.2 Å². The van der Waals surface area contributed by atoms with Crippen LogP contribution in [0.1, 0.15) is 36.5 Å². The van der Waals surface area contributed by atoms with Crippen molar-refractivity contribution < 1.29 is 28.2 Å². The lowest BCUT2D eigenvalue weighted by atomic mass is 10.1. The minimum atomic E-state index is -4.53. The van der Waals surface area contributed by atoms with Crippen LogP contribution in [0.4, 0.5) is 13.2 Å². The molecule has 8 heteroatoms. The van der Waals surface area contributed by atoms with Crippen molar-refractivity contribution in [1.29, 1.82) is 0 Å². The van der Waals surface area contributed by atoms with E-state index in [4.69, 9.17) is 5.11 Å². The Morgan fingerprint density at radius 3 is 2.42 bits per heavy atom. The summed E-state index contributed by atoms with van der Waals surface area (Å²) >= 11 is 0. The van der Waals surface area contributed by atoms with Gasteiger partial charge in [0, 0.05) is 29.8 Å². The van der Waals surface area contributed by atoms with Crippen LogP contribution < -0.4 is 0 Å². The van der Waals surface area contributed by atoms with Crippen molar-refractivity contribution in [2.45, 2.75) is 32.9 Å². The van der Waals surface area contributed by atoms with Gasteiger partial charge in [-0.15, -0.1) is 0 Å². The average Bonchev–Trinajstić information content (AvgIpc) is 3.01. The van der Waals surface area contributed by atoms with Gasteiger partial charge >= 0.3 is 6.18 Å². The Labute approximate surface area is 177 Å². The predicted octanol–water partition coefficient (Wildman–Crippen LogP) is 4.81. The third-order valence-corrected chi connectivity index (χ3v) is 5.03. The number of halogens is 3. The number of aromatic hydroxyl groups is 1. The van der Waals surface area contributed by atoms with Crippen molar-refractivity contribution in [1.82, 2.24) is 4.57 Å². The highest BCUT2D eigenvalue weighted by Gasteiger charge is 2.32. The molecule has 2 aromatic carbocycles. The van der Waals surface area contributed by atoms with Gasteiger partial charge in [-0.1, -0.05) is 23.8 Å². The van der Waals surface area contributed by atoms with Crippen molar-refractivity contribution in [3.05, 3.63) is 59.2 Å². The standard InChI is InChI=1S/C23H23F3N2O3/c1-14-5-8-17(9-6-14)28-20-12-16(23(24,25)26)7-10-19(20)21(22(28)31)15(2)27-13-18(30)4-3-11-29/h5-10,12,29,31H,3-4,11,13H2,1-2H3. The van der Waals surface area contributed by atoms with Crippen LogP contribution >= 0.6 is 0 Å². The molecule has 1 aromatic heterocycles. The number of aliphatic imine (C=N–C) groups is 1. The van der Waals surface area contributed by atoms with Gasteiger partial charge < -0.3 is 10.2 Å². The molecule has 31 heavy (non-hydrogen) atoms. The summed E-state index contributed by atoms with van der Waals surface area (Å²) in [5, 5.41) is 20.2. The van der Waals surface area contributed by atoms with Gasteiger partial charge in [-0.2, -0.15) is 13.2 Å². The Morgan fingerprint density at radius 2 is 1.81 bits per heavy atom. The maximum absolute atomic E-state index is 13.3. The summed E-state index contributed by atoms with van der Waals surface area (Å²) in [4.78, 5) is 16.1. The summed E-state index contributed by atoms with van der Waals surface area (Å²) in [7, 11) is 0. The van der Waals surface area contributed by atoms with Crippen LogP contribution in [0.25, 0.3) is 16.6 Å². The van der Waals surface area contributed by atoms with Crippen molar-refractivity contribution in [2.75, 3.05) is 13.2 Å². The highest BCUT2D eigenvalue weighted by atomic mass is 19.4. The maximum Gasteiger partial charge on any atom is 0.416 e. The molecule has 0 radical (unpaired) electrons. The Balaban J connectivity index is 2.17. The van der Waals surface area contributed by atoms with Crippen LogP contribution in [0.2, 0.25) is 0 Å². The molecule has 0 aliphatic carbocycles. The Kier molecular flexibility index (Phi) is 6.50. The number of benzene rings is 2. The maximum atomic E-state index is 13.3. The molecular weight excluding hydrogens is 409 g/mol. The topological polar surface area (TPSA) is 74.8 Å². The van der Waals surface area contributed by atoms with Crippen LogP contribution in [-0.2, 0) is 11.0 Å². The van der Waals surface area contributed by atoms with Gasteiger partial charge in [0.25, 0.3) is 0 Å². The van der Waals surface area contributed by atoms with E-state index in [9.17, 15) is 23.1 Å². The fraction of sp³-hybridized carbons (Fsp3) is 0.304. The number of hydrogen-bond acceptors (Lipinski definition) is 4. The summed E-state index contributed by atoms with van der Waals surface area (Å²) in [6.45, 7) is 3.25. The van der Waals surface area contributed by atoms with Gasteiger partial charge in [0.2, 0.25) is 5.88 Å². The number of Topliss-reactive ketones (excluding diaryl/α,β-unsaturated/α-hetero) is 1. The lowest BCUT2D eigenvalue weighted by Gasteiger charge is -2.10. The van der Waals surface area contributed by atoms with Crippen LogP contribution in [-0.4, -0.2) is 39.4 Å². The molecule has 0 amide bonds. The molecule has 0 fully saturated rings. The van der Waals surface area contributed by atoms with Crippen LogP contribution in [0, 0.1) is 6.92 Å². The molecule has 164 valence electrons. The van der Waals surface area contributed by atoms with Gasteiger partial charge in [0.1, 0.15) is 0 Å². The number of rotatable bonds is 7. The molecule has 2 N–H and O–H groups in total. The largest absolute Gasteiger partial charge is 0.494 e. The monoisotopic (exact) mass is 432 g/mol. The number of alkyl halides is 3. The van der Waals surface area contributed by atoms with Gasteiger partial charge in [0.15, 0.2) is 5.78 Å². The molecule has 0 aliphatic rings. The number of carbonyl (C=O) groups excluding carboxylic acids is 1. The van der Waals surface area contributed by atoms with Crippen molar-refractivity contribution in [3.63, 3.8) is 0 Å². The molecule has 0 bridgehead atoms. The van der Waals surface area contributed by atoms with E-state index in [1.165, 1.54) is 10.6 Å². The number of nitrogens with zero attached hydrogens (tertiary/aromatic N) is 2. The Morgan fingerprint density at radius 1 is 1.13 bits per heavy atom. The second-order valence-electron chi connectivity index (χ2n) is 7.37. The fourth-order valence-electron chi connectivity index (χ4n) is 3.40. The van der Waals surface area contributed by atoms with Crippen LogP contribution in [0.3, 0.4) is 0 Å². The van der Waals surface area contributed by atoms with Gasteiger partial charge in [-0.3, -0.25) is 14.4 Å². The Hall–Kier alpha value is -3.13. The lowest BCUT2D eigenvalue weighted by molar-refractivity contribution is -0.137. The van der Waals surface area contributed by atoms with Gasteiger partial charge in [-0.25, -0.2) is 0 Å². The first kappa shape index (κ1) is 22.6. The quantitative estimate of drug-likeness (QED) is 0.526. The Bertz CT molecular complexity index is 1130. The zero-order valence-electron chi connectivity index (χ0n) is 17.2. The summed E-state index contributed by atoms with van der Waals surface area (Å²) in [6, 6.07) is 10.3. The van der Waals surface area contributed by atoms with E-state index in [1.54, 1.807) is 31.2 Å². The second-order valence-corrected chi connectivity index (χ2v) is 7.37. The highest BCUT2D eigenvalue weighted by Crippen LogP contribution is 2.38. The zero-order valence-corrected chi connectivity index (χ0v) is 17.2. The van der Waals surface area contributed by atoms with E-state index in [2.05, 4.69) is 4.99 Å². The van der Waals surface area contributed by atoms with Crippen LogP contribution in [0.5, 0.6) is 5.88 Å². The minimum Gasteiger partial charge on any atom is -0.494 e. The molecule has 1 heterocycles. The first-order valence-corrected chi connectivity index (χ1v) is 9.79. The predicted molar refractivity (Wildman–Crippen MR) is 113 cm³/mol. The third kappa shape index (κ3) is 4.80. The summed E-state index contributed by atoms with van der Waals surface area (Å²) in [5.74, 6) is -0.420. The fourth-order valence-corrected chi connectivity index (χ4v) is 3.40. The van der Waals surface area contributed by atoms with E-state index in [1.807, 2.05) is 6.92 Å². The number of fused-ring (bicyclic) bond motifs is 1. The number of aliphatic hydroxyl groups excluding tert-OH is 1. The molecule has 0 saturated carbocycles. The molecule has 3 rings (SSSR count). The highest BCUT2D eigenvalue weighted by molar-refractivity contribution is 6.13. The van der Waals surface area contributed by atoms with Crippen LogP contribution in [0.15, 0.2) is 47.5 Å². The molecule has 0 spiro atoms.